The second-order valence-electron chi connectivity index (χ2n) is 3.54. The van der Waals surface area contributed by atoms with Crippen molar-refractivity contribution in [2.45, 2.75) is 32.7 Å². The molecule has 1 rings (SSSR count). The zero-order valence-corrected chi connectivity index (χ0v) is 9.12. The lowest BCUT2D eigenvalue weighted by Crippen LogP contribution is -2.19. The Kier molecular flexibility index (Phi) is 4.37. The Morgan fingerprint density at radius 3 is 2.87 bits per heavy atom. The zero-order valence-electron chi connectivity index (χ0n) is 9.12. The van der Waals surface area contributed by atoms with Gasteiger partial charge in [0.15, 0.2) is 0 Å². The van der Waals surface area contributed by atoms with E-state index in [2.05, 4.69) is 12.2 Å². The lowest BCUT2D eigenvalue weighted by Gasteiger charge is -2.10. The Bertz CT molecular complexity index is 319. The van der Waals surface area contributed by atoms with Crippen LogP contribution in [0.15, 0.2) is 16.5 Å². The number of rotatable bonds is 6. The molecule has 1 atom stereocenters. The van der Waals surface area contributed by atoms with Crippen molar-refractivity contribution in [2.24, 2.45) is 0 Å². The molecule has 0 spiro atoms. The van der Waals surface area contributed by atoms with Crippen molar-refractivity contribution in [1.82, 2.24) is 5.32 Å². The topological polar surface area (TPSA) is 62.5 Å². The highest BCUT2D eigenvalue weighted by Crippen LogP contribution is 2.16. The minimum atomic E-state index is -1.03. The molecule has 0 fully saturated rings. The number of nitrogens with one attached hydrogen (secondary N) is 1. The third-order valence-corrected chi connectivity index (χ3v) is 2.25. The summed E-state index contributed by atoms with van der Waals surface area (Å²) in [5, 5.41) is 11.9. The molecule has 1 heterocycles. The van der Waals surface area contributed by atoms with E-state index >= 15 is 0 Å². The van der Waals surface area contributed by atoms with Crippen LogP contribution < -0.4 is 5.32 Å². The van der Waals surface area contributed by atoms with Gasteiger partial charge in [-0.1, -0.05) is 13.3 Å². The number of unbranched alkanes of at least 4 members (excludes halogenated alkanes) is 1. The summed E-state index contributed by atoms with van der Waals surface area (Å²) in [7, 11) is 0. The molecule has 0 saturated carbocycles. The number of aromatic carboxylic acids is 1. The maximum absolute atomic E-state index is 10.6. The van der Waals surface area contributed by atoms with Crippen LogP contribution in [-0.2, 0) is 0 Å². The lowest BCUT2D eigenvalue weighted by atomic mass is 10.2. The monoisotopic (exact) mass is 211 g/mol. The normalized spacial score (nSPS) is 12.7. The van der Waals surface area contributed by atoms with Gasteiger partial charge < -0.3 is 14.8 Å². The average molecular weight is 211 g/mol. The quantitative estimate of drug-likeness (QED) is 0.709. The first-order valence-corrected chi connectivity index (χ1v) is 5.21. The van der Waals surface area contributed by atoms with Crippen molar-refractivity contribution in [2.75, 3.05) is 6.54 Å². The number of carboxylic acid groups (broad SMARTS) is 1. The molecular weight excluding hydrogens is 194 g/mol. The van der Waals surface area contributed by atoms with E-state index < -0.39 is 5.97 Å². The van der Waals surface area contributed by atoms with Crippen molar-refractivity contribution >= 4 is 5.97 Å². The Morgan fingerprint density at radius 1 is 1.60 bits per heavy atom. The van der Waals surface area contributed by atoms with Crippen LogP contribution >= 0.6 is 0 Å². The van der Waals surface area contributed by atoms with Crippen LogP contribution in [0.2, 0.25) is 0 Å². The van der Waals surface area contributed by atoms with E-state index in [1.807, 2.05) is 6.92 Å². The first kappa shape index (κ1) is 11.8. The van der Waals surface area contributed by atoms with Crippen molar-refractivity contribution in [3.63, 3.8) is 0 Å². The molecule has 0 amide bonds. The molecule has 2 N–H and O–H groups in total. The molecule has 4 nitrogen and oxygen atoms in total. The molecule has 84 valence electrons. The summed E-state index contributed by atoms with van der Waals surface area (Å²) in [6.45, 7) is 5.00. The van der Waals surface area contributed by atoms with Crippen LogP contribution in [0.1, 0.15) is 49.0 Å². The van der Waals surface area contributed by atoms with Gasteiger partial charge in [0.25, 0.3) is 0 Å². The Morgan fingerprint density at radius 2 is 2.33 bits per heavy atom. The smallest absolute Gasteiger partial charge is 0.371 e. The largest absolute Gasteiger partial charge is 0.475 e. The summed E-state index contributed by atoms with van der Waals surface area (Å²) in [5.74, 6) is -0.361. The van der Waals surface area contributed by atoms with Gasteiger partial charge in [0.05, 0.1) is 6.04 Å². The van der Waals surface area contributed by atoms with Crippen molar-refractivity contribution in [1.29, 1.82) is 0 Å². The van der Waals surface area contributed by atoms with Crippen LogP contribution in [-0.4, -0.2) is 17.6 Å². The third-order valence-electron chi connectivity index (χ3n) is 2.25. The molecule has 0 aliphatic rings. The van der Waals surface area contributed by atoms with Crippen LogP contribution in [0, 0.1) is 0 Å². The van der Waals surface area contributed by atoms with Crippen LogP contribution in [0.25, 0.3) is 0 Å². The molecule has 15 heavy (non-hydrogen) atoms. The van der Waals surface area contributed by atoms with Gasteiger partial charge in [-0.25, -0.2) is 4.79 Å². The highest BCUT2D eigenvalue weighted by Gasteiger charge is 2.13. The maximum Gasteiger partial charge on any atom is 0.371 e. The van der Waals surface area contributed by atoms with Gasteiger partial charge in [0.1, 0.15) is 5.76 Å². The van der Waals surface area contributed by atoms with Gasteiger partial charge in [0.2, 0.25) is 5.76 Å². The summed E-state index contributed by atoms with van der Waals surface area (Å²) in [6, 6.07) is 3.24. The first-order valence-electron chi connectivity index (χ1n) is 5.21. The van der Waals surface area contributed by atoms with Gasteiger partial charge in [-0.3, -0.25) is 0 Å². The van der Waals surface area contributed by atoms with E-state index in [-0.39, 0.29) is 11.8 Å². The average Bonchev–Trinajstić information content (AvgIpc) is 2.66. The highest BCUT2D eigenvalue weighted by molar-refractivity contribution is 5.84. The van der Waals surface area contributed by atoms with E-state index in [4.69, 9.17) is 9.52 Å². The van der Waals surface area contributed by atoms with Crippen molar-refractivity contribution < 1.29 is 14.3 Å². The third kappa shape index (κ3) is 3.40. The van der Waals surface area contributed by atoms with Gasteiger partial charge in [-0.05, 0) is 32.0 Å². The SMILES string of the molecule is CCCCNC(C)c1ccc(C(=O)O)o1. The second-order valence-corrected chi connectivity index (χ2v) is 3.54. The minimum absolute atomic E-state index is 0.00542. The fraction of sp³-hybridized carbons (Fsp3) is 0.545. The van der Waals surface area contributed by atoms with Crippen molar-refractivity contribution in [3.8, 4) is 0 Å². The molecule has 0 aromatic carbocycles. The molecular formula is C11H17NO3. The maximum atomic E-state index is 10.6. The molecule has 0 aliphatic heterocycles. The van der Waals surface area contributed by atoms with E-state index in [1.165, 1.54) is 6.07 Å². The number of carboxylic acids is 1. The molecule has 1 aromatic rings. The van der Waals surface area contributed by atoms with Crippen LogP contribution in [0.5, 0.6) is 0 Å². The summed E-state index contributed by atoms with van der Waals surface area (Å²) in [5.41, 5.74) is 0. The first-order chi connectivity index (χ1) is 7.15. The summed E-state index contributed by atoms with van der Waals surface area (Å²) in [6.07, 6.45) is 2.25. The summed E-state index contributed by atoms with van der Waals surface area (Å²) < 4.78 is 5.18. The Balaban J connectivity index is 2.50. The fourth-order valence-corrected chi connectivity index (χ4v) is 1.30. The van der Waals surface area contributed by atoms with E-state index in [0.29, 0.717) is 5.76 Å². The minimum Gasteiger partial charge on any atom is -0.475 e. The standard InChI is InChI=1S/C11H17NO3/c1-3-4-7-12-8(2)9-5-6-10(15-9)11(13)14/h5-6,8,12H,3-4,7H2,1-2H3,(H,13,14). The Hall–Kier alpha value is -1.29. The van der Waals surface area contributed by atoms with E-state index in [1.54, 1.807) is 6.07 Å². The van der Waals surface area contributed by atoms with Crippen LogP contribution in [0.4, 0.5) is 0 Å². The predicted molar refractivity (Wildman–Crippen MR) is 57.0 cm³/mol. The molecule has 1 aromatic heterocycles. The lowest BCUT2D eigenvalue weighted by molar-refractivity contribution is 0.0659. The van der Waals surface area contributed by atoms with E-state index in [0.717, 1.165) is 19.4 Å². The van der Waals surface area contributed by atoms with Gasteiger partial charge >= 0.3 is 5.97 Å². The summed E-state index contributed by atoms with van der Waals surface area (Å²) >= 11 is 0. The fourth-order valence-electron chi connectivity index (χ4n) is 1.30. The molecule has 1 unspecified atom stereocenters. The molecule has 0 saturated heterocycles. The number of hydrogen-bond acceptors (Lipinski definition) is 3. The number of furan rings is 1. The summed E-state index contributed by atoms with van der Waals surface area (Å²) in [4.78, 5) is 10.6. The predicted octanol–water partition coefficient (Wildman–Crippen LogP) is 2.43. The number of hydrogen-bond donors (Lipinski definition) is 2. The molecule has 0 radical (unpaired) electrons. The number of carbonyl (C=O) groups is 1. The molecule has 0 aliphatic carbocycles. The van der Waals surface area contributed by atoms with Crippen molar-refractivity contribution in [3.05, 3.63) is 23.7 Å². The van der Waals surface area contributed by atoms with Crippen LogP contribution in [0.3, 0.4) is 0 Å². The molecule has 4 heteroatoms. The van der Waals surface area contributed by atoms with Gasteiger partial charge in [0, 0.05) is 0 Å². The highest BCUT2D eigenvalue weighted by atomic mass is 16.4. The van der Waals surface area contributed by atoms with Gasteiger partial charge in [-0.15, -0.1) is 0 Å². The Labute approximate surface area is 89.3 Å². The second kappa shape index (κ2) is 5.56. The zero-order chi connectivity index (χ0) is 11.3. The van der Waals surface area contributed by atoms with E-state index in [9.17, 15) is 4.79 Å². The van der Waals surface area contributed by atoms with Gasteiger partial charge in [-0.2, -0.15) is 0 Å². The molecule has 0 bridgehead atoms.